The number of benzene rings is 1. The number of piperidine rings is 1. The second-order valence-electron chi connectivity index (χ2n) is 7.18. The minimum atomic E-state index is 0.149. The lowest BCUT2D eigenvalue weighted by Gasteiger charge is -2.30. The minimum Gasteiger partial charge on any atom is -0.352 e. The fraction of sp³-hybridized carbons (Fsp3) is 0.632. The fourth-order valence-corrected chi connectivity index (χ4v) is 3.45. The Bertz CT molecular complexity index is 500. The number of likely N-dealkylation sites (tertiary alicyclic amines) is 1. The average molecular weight is 315 g/mol. The van der Waals surface area contributed by atoms with Crippen molar-refractivity contribution in [3.8, 4) is 0 Å². The van der Waals surface area contributed by atoms with Crippen molar-refractivity contribution in [1.29, 1.82) is 0 Å². The maximum Gasteiger partial charge on any atom is 0.224 e. The highest BCUT2D eigenvalue weighted by molar-refractivity contribution is 5.79. The van der Waals surface area contributed by atoms with E-state index in [-0.39, 0.29) is 11.8 Å². The first-order valence-corrected chi connectivity index (χ1v) is 8.99. The molecule has 2 aliphatic heterocycles. The van der Waals surface area contributed by atoms with E-state index in [2.05, 4.69) is 46.7 Å². The molecule has 1 aromatic rings. The first-order chi connectivity index (χ1) is 11.2. The SMILES string of the molecule is CC1CCN(Cc2ccc(CNC(=O)C3CCNC3)cc2)CC1. The molecule has 3 rings (SSSR count). The maximum absolute atomic E-state index is 12.0. The van der Waals surface area contributed by atoms with Crippen LogP contribution in [0.3, 0.4) is 0 Å². The molecular formula is C19H29N3O. The molecule has 4 heteroatoms. The van der Waals surface area contributed by atoms with E-state index >= 15 is 0 Å². The maximum atomic E-state index is 12.0. The molecule has 0 spiro atoms. The molecule has 2 fully saturated rings. The van der Waals surface area contributed by atoms with Crippen LogP contribution in [0.25, 0.3) is 0 Å². The Morgan fingerprint density at radius 2 is 1.87 bits per heavy atom. The third-order valence-corrected chi connectivity index (χ3v) is 5.20. The van der Waals surface area contributed by atoms with Crippen molar-refractivity contribution < 1.29 is 4.79 Å². The van der Waals surface area contributed by atoms with Gasteiger partial charge >= 0.3 is 0 Å². The van der Waals surface area contributed by atoms with Crippen molar-refractivity contribution in [3.05, 3.63) is 35.4 Å². The van der Waals surface area contributed by atoms with Crippen molar-refractivity contribution in [2.24, 2.45) is 11.8 Å². The van der Waals surface area contributed by atoms with Crippen molar-refractivity contribution in [2.75, 3.05) is 26.2 Å². The highest BCUT2D eigenvalue weighted by Gasteiger charge is 2.21. The summed E-state index contributed by atoms with van der Waals surface area (Å²) in [6.45, 7) is 8.25. The van der Waals surface area contributed by atoms with Crippen molar-refractivity contribution in [2.45, 2.75) is 39.3 Å². The summed E-state index contributed by atoms with van der Waals surface area (Å²) in [6, 6.07) is 8.71. The van der Waals surface area contributed by atoms with Gasteiger partial charge in [-0.05, 0) is 55.9 Å². The summed E-state index contributed by atoms with van der Waals surface area (Å²) >= 11 is 0. The van der Waals surface area contributed by atoms with Crippen LogP contribution < -0.4 is 10.6 Å². The second kappa shape index (κ2) is 7.93. The van der Waals surface area contributed by atoms with E-state index in [0.717, 1.165) is 32.0 Å². The van der Waals surface area contributed by atoms with E-state index in [0.29, 0.717) is 6.54 Å². The zero-order chi connectivity index (χ0) is 16.1. The molecule has 0 saturated carbocycles. The molecule has 0 aromatic heterocycles. The topological polar surface area (TPSA) is 44.4 Å². The molecule has 1 amide bonds. The average Bonchev–Trinajstić information content (AvgIpc) is 3.11. The van der Waals surface area contributed by atoms with E-state index in [1.807, 2.05) is 0 Å². The summed E-state index contributed by atoms with van der Waals surface area (Å²) < 4.78 is 0. The van der Waals surface area contributed by atoms with Crippen LogP contribution in [0.1, 0.15) is 37.3 Å². The molecule has 0 radical (unpaired) electrons. The van der Waals surface area contributed by atoms with Crippen molar-refractivity contribution in [1.82, 2.24) is 15.5 Å². The van der Waals surface area contributed by atoms with Gasteiger partial charge in [-0.15, -0.1) is 0 Å². The Morgan fingerprint density at radius 3 is 2.52 bits per heavy atom. The largest absolute Gasteiger partial charge is 0.352 e. The molecule has 1 aromatic carbocycles. The predicted octanol–water partition coefficient (Wildman–Crippen LogP) is 2.14. The fourth-order valence-electron chi connectivity index (χ4n) is 3.45. The molecule has 1 unspecified atom stereocenters. The van der Waals surface area contributed by atoms with Gasteiger partial charge in [0, 0.05) is 19.6 Å². The normalized spacial score (nSPS) is 23.1. The summed E-state index contributed by atoms with van der Waals surface area (Å²) in [7, 11) is 0. The molecule has 2 N–H and O–H groups in total. The van der Waals surface area contributed by atoms with Crippen LogP contribution in [-0.2, 0) is 17.9 Å². The van der Waals surface area contributed by atoms with E-state index in [1.54, 1.807) is 0 Å². The van der Waals surface area contributed by atoms with Gasteiger partial charge < -0.3 is 10.6 Å². The predicted molar refractivity (Wildman–Crippen MR) is 92.9 cm³/mol. The Balaban J connectivity index is 1.44. The van der Waals surface area contributed by atoms with Gasteiger partial charge in [-0.1, -0.05) is 31.2 Å². The zero-order valence-corrected chi connectivity index (χ0v) is 14.2. The van der Waals surface area contributed by atoms with Crippen molar-refractivity contribution in [3.63, 3.8) is 0 Å². The Morgan fingerprint density at radius 1 is 1.17 bits per heavy atom. The van der Waals surface area contributed by atoms with Crippen LogP contribution in [0, 0.1) is 11.8 Å². The smallest absolute Gasteiger partial charge is 0.224 e. The van der Waals surface area contributed by atoms with Gasteiger partial charge in [0.1, 0.15) is 0 Å². The zero-order valence-electron chi connectivity index (χ0n) is 14.2. The molecule has 2 saturated heterocycles. The number of hydrogen-bond acceptors (Lipinski definition) is 3. The Hall–Kier alpha value is -1.39. The van der Waals surface area contributed by atoms with Gasteiger partial charge in [-0.2, -0.15) is 0 Å². The summed E-state index contributed by atoms with van der Waals surface area (Å²) in [4.78, 5) is 14.6. The monoisotopic (exact) mass is 315 g/mol. The van der Waals surface area contributed by atoms with E-state index in [1.165, 1.54) is 37.1 Å². The van der Waals surface area contributed by atoms with Gasteiger partial charge in [-0.25, -0.2) is 0 Å². The summed E-state index contributed by atoms with van der Waals surface area (Å²) in [5, 5.41) is 6.29. The lowest BCUT2D eigenvalue weighted by atomic mass is 9.99. The van der Waals surface area contributed by atoms with Gasteiger partial charge in [0.15, 0.2) is 0 Å². The molecule has 2 aliphatic rings. The standard InChI is InChI=1S/C19H29N3O/c1-15-7-10-22(11-8-15)14-17-4-2-16(3-5-17)12-21-19(23)18-6-9-20-13-18/h2-5,15,18,20H,6-14H2,1H3,(H,21,23). The molecular weight excluding hydrogens is 286 g/mol. The van der Waals surface area contributed by atoms with Crippen molar-refractivity contribution >= 4 is 5.91 Å². The van der Waals surface area contributed by atoms with Crippen LogP contribution in [0.2, 0.25) is 0 Å². The van der Waals surface area contributed by atoms with Crippen LogP contribution >= 0.6 is 0 Å². The number of rotatable bonds is 5. The molecule has 4 nitrogen and oxygen atoms in total. The Kier molecular flexibility index (Phi) is 5.68. The van der Waals surface area contributed by atoms with Gasteiger partial charge in [-0.3, -0.25) is 9.69 Å². The molecule has 2 heterocycles. The highest BCUT2D eigenvalue weighted by Crippen LogP contribution is 2.18. The van der Waals surface area contributed by atoms with Gasteiger partial charge in [0.2, 0.25) is 5.91 Å². The number of nitrogens with zero attached hydrogens (tertiary/aromatic N) is 1. The van der Waals surface area contributed by atoms with E-state index < -0.39 is 0 Å². The summed E-state index contributed by atoms with van der Waals surface area (Å²) in [5.41, 5.74) is 2.55. The number of carbonyl (C=O) groups excluding carboxylic acids is 1. The molecule has 0 bridgehead atoms. The first-order valence-electron chi connectivity index (χ1n) is 8.99. The van der Waals surface area contributed by atoms with Gasteiger partial charge in [0.25, 0.3) is 0 Å². The molecule has 1 atom stereocenters. The van der Waals surface area contributed by atoms with Crippen LogP contribution in [0.4, 0.5) is 0 Å². The molecule has 126 valence electrons. The quantitative estimate of drug-likeness (QED) is 0.875. The Labute approximate surface area is 139 Å². The molecule has 0 aliphatic carbocycles. The summed E-state index contributed by atoms with van der Waals surface area (Å²) in [5.74, 6) is 1.21. The van der Waals surface area contributed by atoms with Crippen LogP contribution in [0.15, 0.2) is 24.3 Å². The highest BCUT2D eigenvalue weighted by atomic mass is 16.1. The molecule has 23 heavy (non-hydrogen) atoms. The number of amides is 1. The first kappa shape index (κ1) is 16.5. The lowest BCUT2D eigenvalue weighted by molar-refractivity contribution is -0.124. The summed E-state index contributed by atoms with van der Waals surface area (Å²) in [6.07, 6.45) is 3.60. The number of hydrogen-bond donors (Lipinski definition) is 2. The third kappa shape index (κ3) is 4.79. The van der Waals surface area contributed by atoms with Gasteiger partial charge in [0.05, 0.1) is 5.92 Å². The number of nitrogens with one attached hydrogen (secondary N) is 2. The van der Waals surface area contributed by atoms with E-state index in [9.17, 15) is 4.79 Å². The van der Waals surface area contributed by atoms with Crippen LogP contribution in [-0.4, -0.2) is 37.0 Å². The second-order valence-corrected chi connectivity index (χ2v) is 7.18. The number of carbonyl (C=O) groups is 1. The van der Waals surface area contributed by atoms with E-state index in [4.69, 9.17) is 0 Å². The van der Waals surface area contributed by atoms with Crippen LogP contribution in [0.5, 0.6) is 0 Å². The lowest BCUT2D eigenvalue weighted by Crippen LogP contribution is -2.32. The third-order valence-electron chi connectivity index (χ3n) is 5.20. The minimum absolute atomic E-state index is 0.149.